The molecule has 0 bridgehead atoms. The summed E-state index contributed by atoms with van der Waals surface area (Å²) >= 11 is 0. The van der Waals surface area contributed by atoms with Crippen LogP contribution in [-0.2, 0) is 9.59 Å². The molecule has 2 atom stereocenters. The number of rotatable bonds is 11. The summed E-state index contributed by atoms with van der Waals surface area (Å²) in [6.07, 6.45) is -1.29. The van der Waals surface area contributed by atoms with Gasteiger partial charge in [-0.1, -0.05) is 0 Å². The normalized spacial score (nSPS) is 13.7. The topological polar surface area (TPSA) is 157 Å². The summed E-state index contributed by atoms with van der Waals surface area (Å²) < 4.78 is 0. The van der Waals surface area contributed by atoms with Gasteiger partial charge in [0, 0.05) is 6.42 Å². The lowest BCUT2D eigenvalue weighted by atomic mass is 10.1. The average molecular weight is 318 g/mol. The van der Waals surface area contributed by atoms with E-state index >= 15 is 0 Å². The largest absolute Gasteiger partial charge is 0.465 e. The average Bonchev–Trinajstić information content (AvgIpc) is 2.41. The molecule has 0 aliphatic carbocycles. The van der Waals surface area contributed by atoms with Crippen LogP contribution in [0.2, 0.25) is 0 Å². The first-order valence-corrected chi connectivity index (χ1v) is 6.68. The number of amides is 2. The van der Waals surface area contributed by atoms with Crippen molar-refractivity contribution in [3.63, 3.8) is 0 Å². The monoisotopic (exact) mass is 318 g/mol. The Bertz CT molecular complexity index is 387. The maximum Gasteiger partial charge on any atom is 0.407 e. The fourth-order valence-corrected chi connectivity index (χ4v) is 1.82. The molecule has 10 heteroatoms. The molecule has 10 nitrogen and oxygen atoms in total. The maximum atomic E-state index is 10.9. The van der Waals surface area contributed by atoms with Gasteiger partial charge in [0.05, 0.1) is 12.1 Å². The van der Waals surface area contributed by atoms with Gasteiger partial charge >= 0.3 is 12.2 Å². The first kappa shape index (κ1) is 19.8. The molecule has 0 aliphatic rings. The van der Waals surface area contributed by atoms with Crippen molar-refractivity contribution in [3.05, 3.63) is 0 Å². The Morgan fingerprint density at radius 2 is 1.55 bits per heavy atom. The fraction of sp³-hybridized carbons (Fsp3) is 0.667. The van der Waals surface area contributed by atoms with Gasteiger partial charge < -0.3 is 25.1 Å². The van der Waals surface area contributed by atoms with Crippen LogP contribution in [-0.4, -0.2) is 59.4 Å². The first-order chi connectivity index (χ1) is 10.2. The number of hydrogen-bond donors (Lipinski definition) is 6. The van der Waals surface area contributed by atoms with E-state index in [0.29, 0.717) is 25.5 Å². The number of carbonyl (C=O) groups excluding carboxylic acids is 2. The predicted octanol–water partition coefficient (Wildman–Crippen LogP) is -0.690. The molecule has 0 aromatic heterocycles. The molecule has 0 aliphatic heterocycles. The van der Waals surface area contributed by atoms with Gasteiger partial charge in [-0.25, -0.2) is 9.59 Å². The van der Waals surface area contributed by atoms with E-state index in [4.69, 9.17) is 10.2 Å². The second-order valence-electron chi connectivity index (χ2n) is 4.82. The van der Waals surface area contributed by atoms with Crippen LogP contribution in [0.3, 0.4) is 0 Å². The lowest BCUT2D eigenvalue weighted by Crippen LogP contribution is -2.70. The van der Waals surface area contributed by atoms with Gasteiger partial charge in [0.15, 0.2) is 5.79 Å². The maximum absolute atomic E-state index is 10.9. The van der Waals surface area contributed by atoms with Crippen LogP contribution in [0.5, 0.6) is 0 Å². The van der Waals surface area contributed by atoms with E-state index in [1.807, 2.05) is 10.6 Å². The summed E-state index contributed by atoms with van der Waals surface area (Å²) in [6, 6.07) is -1.14. The number of nitrogens with one attached hydrogen (secondary N) is 4. The van der Waals surface area contributed by atoms with Crippen molar-refractivity contribution in [2.75, 3.05) is 6.54 Å². The molecule has 0 aromatic carbocycles. The number of carboxylic acid groups (broad SMARTS) is 2. The van der Waals surface area contributed by atoms with Crippen molar-refractivity contribution >= 4 is 24.8 Å². The van der Waals surface area contributed by atoms with E-state index in [9.17, 15) is 19.2 Å². The van der Waals surface area contributed by atoms with Crippen molar-refractivity contribution in [2.24, 2.45) is 0 Å². The minimum Gasteiger partial charge on any atom is -0.465 e. The molecule has 0 radical (unpaired) electrons. The Balaban J connectivity index is 4.90. The van der Waals surface area contributed by atoms with Crippen LogP contribution in [0.15, 0.2) is 0 Å². The molecule has 126 valence electrons. The molecule has 22 heavy (non-hydrogen) atoms. The number of hydrogen-bond acceptors (Lipinski definition) is 6. The molecule has 6 N–H and O–H groups in total. The highest BCUT2D eigenvalue weighted by molar-refractivity contribution is 5.70. The van der Waals surface area contributed by atoms with Gasteiger partial charge in [-0.05, 0) is 26.8 Å². The quantitative estimate of drug-likeness (QED) is 0.166. The molecule has 0 aromatic rings. The zero-order valence-electron chi connectivity index (χ0n) is 12.5. The Labute approximate surface area is 127 Å². The fourth-order valence-electron chi connectivity index (χ4n) is 1.82. The standard InChI is InChI=1S/C12H22N4O6/c1-8(6-17)13-5-3-4-12(15-10(19)20,16-11(21)22)14-9(2)7-18/h6-9,13-16H,3-5H2,1-2H3,(H,19,20)(H,21,22)/t8?,9-/m0/s1. The van der Waals surface area contributed by atoms with E-state index in [0.717, 1.165) is 0 Å². The van der Waals surface area contributed by atoms with Crippen molar-refractivity contribution in [2.45, 2.75) is 44.6 Å². The van der Waals surface area contributed by atoms with E-state index in [2.05, 4.69) is 10.6 Å². The molecule has 0 heterocycles. The van der Waals surface area contributed by atoms with Crippen molar-refractivity contribution < 1.29 is 29.4 Å². The third kappa shape index (κ3) is 8.17. The van der Waals surface area contributed by atoms with Gasteiger partial charge in [-0.3, -0.25) is 16.0 Å². The molecule has 0 fully saturated rings. The highest BCUT2D eigenvalue weighted by atomic mass is 16.4. The molecule has 0 spiro atoms. The molecular formula is C12H22N4O6. The van der Waals surface area contributed by atoms with Crippen LogP contribution in [0, 0.1) is 0 Å². The Hall–Kier alpha value is -2.20. The van der Waals surface area contributed by atoms with Crippen molar-refractivity contribution in [3.8, 4) is 0 Å². The van der Waals surface area contributed by atoms with Gasteiger partial charge in [0.2, 0.25) is 0 Å². The van der Waals surface area contributed by atoms with E-state index in [-0.39, 0.29) is 12.5 Å². The Morgan fingerprint density at radius 3 is 1.95 bits per heavy atom. The molecule has 0 saturated heterocycles. The molecule has 0 rings (SSSR count). The smallest absolute Gasteiger partial charge is 0.407 e. The summed E-state index contributed by atoms with van der Waals surface area (Å²) in [5, 5.41) is 27.3. The highest BCUT2D eigenvalue weighted by Gasteiger charge is 2.34. The molecule has 1 unspecified atom stereocenters. The summed E-state index contributed by atoms with van der Waals surface area (Å²) in [6.45, 7) is 3.47. The lowest BCUT2D eigenvalue weighted by molar-refractivity contribution is -0.110. The van der Waals surface area contributed by atoms with Crippen LogP contribution < -0.4 is 21.3 Å². The molecular weight excluding hydrogens is 296 g/mol. The van der Waals surface area contributed by atoms with Gasteiger partial charge in [0.25, 0.3) is 0 Å². The van der Waals surface area contributed by atoms with Crippen molar-refractivity contribution in [1.82, 2.24) is 21.3 Å². The minimum absolute atomic E-state index is 0.0301. The number of aldehydes is 2. The molecule has 2 amide bonds. The third-order valence-electron chi connectivity index (χ3n) is 2.72. The van der Waals surface area contributed by atoms with Crippen LogP contribution >= 0.6 is 0 Å². The second kappa shape index (κ2) is 9.68. The van der Waals surface area contributed by atoms with Crippen LogP contribution in [0.4, 0.5) is 9.59 Å². The van der Waals surface area contributed by atoms with Gasteiger partial charge in [-0.2, -0.15) is 0 Å². The summed E-state index contributed by atoms with van der Waals surface area (Å²) in [5.41, 5.74) is 0. The SMILES string of the molecule is CC(C=O)NCCCC(NC(=O)O)(NC(=O)O)N[C@@H](C)C=O. The van der Waals surface area contributed by atoms with Crippen LogP contribution in [0.25, 0.3) is 0 Å². The lowest BCUT2D eigenvalue weighted by Gasteiger charge is -2.35. The van der Waals surface area contributed by atoms with Crippen LogP contribution in [0.1, 0.15) is 26.7 Å². The first-order valence-electron chi connectivity index (χ1n) is 6.68. The predicted molar refractivity (Wildman–Crippen MR) is 76.5 cm³/mol. The molecule has 0 saturated carbocycles. The van der Waals surface area contributed by atoms with Gasteiger partial charge in [-0.15, -0.1) is 0 Å². The number of carbonyl (C=O) groups is 4. The van der Waals surface area contributed by atoms with Gasteiger partial charge in [0.1, 0.15) is 12.6 Å². The summed E-state index contributed by atoms with van der Waals surface area (Å²) in [5.74, 6) is -1.70. The Kier molecular flexibility index (Phi) is 8.72. The zero-order valence-corrected chi connectivity index (χ0v) is 12.5. The van der Waals surface area contributed by atoms with E-state index < -0.39 is 24.0 Å². The van der Waals surface area contributed by atoms with E-state index in [1.54, 1.807) is 6.92 Å². The Morgan fingerprint density at radius 1 is 1.05 bits per heavy atom. The summed E-state index contributed by atoms with van der Waals surface area (Å²) in [7, 11) is 0. The summed E-state index contributed by atoms with van der Waals surface area (Å²) in [4.78, 5) is 43.1. The second-order valence-corrected chi connectivity index (χ2v) is 4.82. The van der Waals surface area contributed by atoms with E-state index in [1.165, 1.54) is 6.92 Å². The zero-order chi connectivity index (χ0) is 17.2. The minimum atomic E-state index is -1.70. The third-order valence-corrected chi connectivity index (χ3v) is 2.72. The van der Waals surface area contributed by atoms with Crippen molar-refractivity contribution in [1.29, 1.82) is 0 Å². The highest BCUT2D eigenvalue weighted by Crippen LogP contribution is 2.08.